The van der Waals surface area contributed by atoms with Crippen molar-refractivity contribution in [3.63, 3.8) is 0 Å². The summed E-state index contributed by atoms with van der Waals surface area (Å²) in [6.07, 6.45) is 0. The van der Waals surface area contributed by atoms with Gasteiger partial charge < -0.3 is 19.5 Å². The second-order valence-corrected chi connectivity index (χ2v) is 6.27. The molecule has 1 atom stereocenters. The summed E-state index contributed by atoms with van der Waals surface area (Å²) >= 11 is 5.94. The van der Waals surface area contributed by atoms with Gasteiger partial charge >= 0.3 is 7.60 Å². The van der Waals surface area contributed by atoms with E-state index in [0.29, 0.717) is 16.3 Å². The maximum atomic E-state index is 12.6. The molecule has 7 heteroatoms. The predicted molar refractivity (Wildman–Crippen MR) is 75.8 cm³/mol. The highest BCUT2D eigenvalue weighted by atomic mass is 35.5. The zero-order chi connectivity index (χ0) is 14.5. The molecule has 0 aliphatic rings. The largest absolute Gasteiger partial charge is 0.495 e. The van der Waals surface area contributed by atoms with E-state index in [1.807, 2.05) is 0 Å². The molecule has 5 nitrogen and oxygen atoms in total. The highest BCUT2D eigenvalue weighted by Crippen LogP contribution is 2.58. The number of ether oxygens (including phenoxy) is 1. The molecule has 2 N–H and O–H groups in total. The van der Waals surface area contributed by atoms with Crippen molar-refractivity contribution in [3.05, 3.63) is 28.8 Å². The van der Waals surface area contributed by atoms with E-state index in [9.17, 15) is 4.57 Å². The molecule has 0 unspecified atom stereocenters. The van der Waals surface area contributed by atoms with Crippen LogP contribution in [0.2, 0.25) is 5.02 Å². The van der Waals surface area contributed by atoms with Gasteiger partial charge in [-0.15, -0.1) is 0 Å². The molecule has 0 amide bonds. The highest BCUT2D eigenvalue weighted by Gasteiger charge is 2.34. The molecule has 0 aromatic heterocycles. The van der Waals surface area contributed by atoms with Crippen molar-refractivity contribution in [2.75, 3.05) is 20.3 Å². The van der Waals surface area contributed by atoms with E-state index in [1.165, 1.54) is 7.11 Å². The van der Waals surface area contributed by atoms with Crippen LogP contribution in [0.5, 0.6) is 5.75 Å². The van der Waals surface area contributed by atoms with Crippen LogP contribution < -0.4 is 10.5 Å². The van der Waals surface area contributed by atoms with Crippen molar-refractivity contribution in [1.29, 1.82) is 0 Å². The summed E-state index contributed by atoms with van der Waals surface area (Å²) in [5.74, 6) is -0.410. The first kappa shape index (κ1) is 16.5. The predicted octanol–water partition coefficient (Wildman–Crippen LogP) is 3.57. The molecule has 0 aliphatic heterocycles. The van der Waals surface area contributed by atoms with Gasteiger partial charge in [0.25, 0.3) is 0 Å². The normalized spacial score (nSPS) is 13.3. The lowest BCUT2D eigenvalue weighted by Gasteiger charge is -2.23. The monoisotopic (exact) mass is 307 g/mol. The van der Waals surface area contributed by atoms with Crippen molar-refractivity contribution >= 4 is 19.2 Å². The average Bonchev–Trinajstić information content (AvgIpc) is 2.39. The van der Waals surface area contributed by atoms with Crippen LogP contribution in [0.1, 0.15) is 25.2 Å². The Hall–Kier alpha value is -0.580. The Morgan fingerprint density at radius 2 is 1.89 bits per heavy atom. The fourth-order valence-corrected chi connectivity index (χ4v) is 3.44. The Balaban J connectivity index is 3.09. The topological polar surface area (TPSA) is 70.8 Å². The third-order valence-electron chi connectivity index (χ3n) is 2.48. The SMILES string of the molecule is CCOP(=O)(OCC)[C@@H](N)c1ccc(Cl)c(OC)c1. The molecule has 0 aliphatic carbocycles. The Morgan fingerprint density at radius 1 is 1.32 bits per heavy atom. The summed E-state index contributed by atoms with van der Waals surface area (Å²) in [5.41, 5.74) is 6.60. The minimum atomic E-state index is -3.40. The molecular formula is C12H19ClNO4P. The number of benzene rings is 1. The molecular weight excluding hydrogens is 289 g/mol. The Morgan fingerprint density at radius 3 is 2.37 bits per heavy atom. The lowest BCUT2D eigenvalue weighted by atomic mass is 10.2. The molecule has 0 radical (unpaired) electrons. The molecule has 0 bridgehead atoms. The minimum absolute atomic E-state index is 0.260. The maximum absolute atomic E-state index is 12.6. The first-order valence-corrected chi connectivity index (χ1v) is 7.95. The third kappa shape index (κ3) is 3.94. The quantitative estimate of drug-likeness (QED) is 0.780. The van der Waals surface area contributed by atoms with E-state index < -0.39 is 13.4 Å². The number of hydrogen-bond donors (Lipinski definition) is 1. The summed E-state index contributed by atoms with van der Waals surface area (Å²) in [5, 5.41) is 0.459. The van der Waals surface area contributed by atoms with Crippen LogP contribution in [-0.4, -0.2) is 20.3 Å². The van der Waals surface area contributed by atoms with Crippen molar-refractivity contribution in [1.82, 2.24) is 0 Å². The molecule has 1 aromatic carbocycles. The Kier molecular flexibility index (Phi) is 6.30. The first-order chi connectivity index (χ1) is 8.98. The molecule has 1 aromatic rings. The fourth-order valence-electron chi connectivity index (χ4n) is 1.60. The van der Waals surface area contributed by atoms with Gasteiger partial charge in [0.2, 0.25) is 0 Å². The zero-order valence-corrected chi connectivity index (χ0v) is 12.9. The van der Waals surface area contributed by atoms with Crippen LogP contribution in [-0.2, 0) is 13.6 Å². The molecule has 0 saturated heterocycles. The number of nitrogens with two attached hydrogens (primary N) is 1. The van der Waals surface area contributed by atoms with Gasteiger partial charge in [0.05, 0.1) is 25.3 Å². The highest BCUT2D eigenvalue weighted by molar-refractivity contribution is 7.54. The van der Waals surface area contributed by atoms with Crippen molar-refractivity contribution in [2.45, 2.75) is 19.6 Å². The Bertz CT molecular complexity index is 459. The second-order valence-electron chi connectivity index (χ2n) is 3.71. The molecule has 19 heavy (non-hydrogen) atoms. The number of methoxy groups -OCH3 is 1. The molecule has 0 heterocycles. The van der Waals surface area contributed by atoms with Gasteiger partial charge in [-0.05, 0) is 31.5 Å². The van der Waals surface area contributed by atoms with Crippen LogP contribution in [0.25, 0.3) is 0 Å². The first-order valence-electron chi connectivity index (χ1n) is 5.96. The molecule has 0 spiro atoms. The van der Waals surface area contributed by atoms with Gasteiger partial charge in [-0.3, -0.25) is 4.57 Å². The minimum Gasteiger partial charge on any atom is -0.495 e. The second kappa shape index (κ2) is 7.27. The summed E-state index contributed by atoms with van der Waals surface area (Å²) in [7, 11) is -1.90. The van der Waals surface area contributed by atoms with Crippen LogP contribution >= 0.6 is 19.2 Å². The number of hydrogen-bond acceptors (Lipinski definition) is 5. The summed E-state index contributed by atoms with van der Waals surface area (Å²) < 4.78 is 28.1. The van der Waals surface area contributed by atoms with Crippen molar-refractivity contribution < 1.29 is 18.3 Å². The van der Waals surface area contributed by atoms with E-state index in [4.69, 9.17) is 31.1 Å². The fraction of sp³-hybridized carbons (Fsp3) is 0.500. The van der Waals surface area contributed by atoms with E-state index in [2.05, 4.69) is 0 Å². The van der Waals surface area contributed by atoms with Gasteiger partial charge in [0.1, 0.15) is 11.5 Å². The van der Waals surface area contributed by atoms with E-state index in [1.54, 1.807) is 32.0 Å². The van der Waals surface area contributed by atoms with Gasteiger partial charge in [0.15, 0.2) is 0 Å². The van der Waals surface area contributed by atoms with Crippen molar-refractivity contribution in [3.8, 4) is 5.75 Å². The standard InChI is InChI=1S/C12H19ClNO4P/c1-4-17-19(15,18-5-2)12(14)9-6-7-10(13)11(8-9)16-3/h6-8,12H,4-5,14H2,1-3H3/t12-/m1/s1. The van der Waals surface area contributed by atoms with E-state index in [-0.39, 0.29) is 13.2 Å². The van der Waals surface area contributed by atoms with Gasteiger partial charge in [-0.1, -0.05) is 17.7 Å². The molecule has 108 valence electrons. The lowest BCUT2D eigenvalue weighted by molar-refractivity contribution is 0.212. The summed E-state index contributed by atoms with van der Waals surface area (Å²) in [4.78, 5) is 0. The maximum Gasteiger partial charge on any atom is 0.351 e. The molecule has 1 rings (SSSR count). The van der Waals surface area contributed by atoms with Crippen LogP contribution in [0, 0.1) is 0 Å². The van der Waals surface area contributed by atoms with Gasteiger partial charge in [-0.25, -0.2) is 0 Å². The number of halogens is 1. The Labute approximate surface area is 118 Å². The van der Waals surface area contributed by atoms with E-state index >= 15 is 0 Å². The lowest BCUT2D eigenvalue weighted by Crippen LogP contribution is -2.15. The smallest absolute Gasteiger partial charge is 0.351 e. The van der Waals surface area contributed by atoms with Crippen LogP contribution in [0.4, 0.5) is 0 Å². The third-order valence-corrected chi connectivity index (χ3v) is 5.00. The zero-order valence-electron chi connectivity index (χ0n) is 11.3. The summed E-state index contributed by atoms with van der Waals surface area (Å²) in [6.45, 7) is 3.99. The van der Waals surface area contributed by atoms with Crippen LogP contribution in [0.15, 0.2) is 18.2 Å². The van der Waals surface area contributed by atoms with Gasteiger partial charge in [-0.2, -0.15) is 0 Å². The van der Waals surface area contributed by atoms with Gasteiger partial charge in [0, 0.05) is 0 Å². The number of rotatable bonds is 7. The molecule has 0 fully saturated rings. The average molecular weight is 308 g/mol. The summed E-state index contributed by atoms with van der Waals surface area (Å²) in [6, 6.07) is 4.95. The van der Waals surface area contributed by atoms with Crippen molar-refractivity contribution in [2.24, 2.45) is 5.73 Å². The van der Waals surface area contributed by atoms with Crippen LogP contribution in [0.3, 0.4) is 0 Å². The molecule has 0 saturated carbocycles. The van der Waals surface area contributed by atoms with E-state index in [0.717, 1.165) is 0 Å².